The zero-order valence-electron chi connectivity index (χ0n) is 14.1. The third kappa shape index (κ3) is 2.74. The van der Waals surface area contributed by atoms with E-state index in [1.54, 1.807) is 7.11 Å². The molecule has 3 N–H and O–H groups in total. The fourth-order valence-electron chi connectivity index (χ4n) is 3.17. The Morgan fingerprint density at radius 3 is 3.08 bits per heavy atom. The van der Waals surface area contributed by atoms with Crippen molar-refractivity contribution in [1.82, 2.24) is 19.9 Å². The average molecular weight is 340 g/mol. The van der Waals surface area contributed by atoms with Crippen LogP contribution < -0.4 is 15.8 Å². The van der Waals surface area contributed by atoms with Gasteiger partial charge in [0, 0.05) is 25.6 Å². The Balaban J connectivity index is 1.57. The van der Waals surface area contributed by atoms with Gasteiger partial charge in [0.25, 0.3) is 0 Å². The van der Waals surface area contributed by atoms with E-state index in [4.69, 9.17) is 15.0 Å². The summed E-state index contributed by atoms with van der Waals surface area (Å²) < 4.78 is 12.7. The van der Waals surface area contributed by atoms with Crippen molar-refractivity contribution >= 4 is 5.69 Å². The van der Waals surface area contributed by atoms with E-state index in [1.807, 2.05) is 42.2 Å². The van der Waals surface area contributed by atoms with Crippen LogP contribution in [0.1, 0.15) is 34.9 Å². The number of anilines is 1. The first-order valence-electron chi connectivity index (χ1n) is 8.14. The van der Waals surface area contributed by atoms with Gasteiger partial charge in [0.05, 0.1) is 36.6 Å². The Kier molecular flexibility index (Phi) is 3.89. The highest BCUT2D eigenvalue weighted by Crippen LogP contribution is 2.31. The van der Waals surface area contributed by atoms with Crippen LogP contribution in [0.4, 0.5) is 5.69 Å². The van der Waals surface area contributed by atoms with Crippen LogP contribution in [0, 0.1) is 0 Å². The minimum Gasteiger partial charge on any atom is -0.496 e. The van der Waals surface area contributed by atoms with Gasteiger partial charge >= 0.3 is 0 Å². The number of hydrogen-bond acceptors (Lipinski definition) is 7. The summed E-state index contributed by atoms with van der Waals surface area (Å²) in [6, 6.07) is 7.08. The summed E-state index contributed by atoms with van der Waals surface area (Å²) in [6.45, 7) is 0.726. The molecule has 3 heterocycles. The highest BCUT2D eigenvalue weighted by molar-refractivity contribution is 5.49. The van der Waals surface area contributed by atoms with E-state index in [2.05, 4.69) is 20.6 Å². The zero-order valence-corrected chi connectivity index (χ0v) is 14.1. The summed E-state index contributed by atoms with van der Waals surface area (Å²) in [4.78, 5) is 4.54. The molecule has 25 heavy (non-hydrogen) atoms. The third-order valence-corrected chi connectivity index (χ3v) is 4.60. The maximum atomic E-state index is 6.32. The predicted octanol–water partition coefficient (Wildman–Crippen LogP) is 1.61. The summed E-state index contributed by atoms with van der Waals surface area (Å²) in [5.74, 6) is 1.84. The van der Waals surface area contributed by atoms with Crippen molar-refractivity contribution in [2.24, 2.45) is 12.8 Å². The Bertz CT molecular complexity index is 887. The molecule has 2 atom stereocenters. The molecule has 0 saturated carbocycles. The van der Waals surface area contributed by atoms with Gasteiger partial charge < -0.3 is 20.3 Å². The first kappa shape index (κ1) is 15.6. The molecule has 4 rings (SSSR count). The van der Waals surface area contributed by atoms with Crippen LogP contribution in [-0.4, -0.2) is 33.6 Å². The molecule has 0 radical (unpaired) electrons. The summed E-state index contributed by atoms with van der Waals surface area (Å²) in [7, 11) is 3.55. The maximum absolute atomic E-state index is 6.32. The molecular formula is C17H20N6O2. The smallest absolute Gasteiger partial charge is 0.232 e. The molecule has 2 aromatic heterocycles. The lowest BCUT2D eigenvalue weighted by atomic mass is 9.98. The zero-order chi connectivity index (χ0) is 17.4. The molecule has 8 heteroatoms. The van der Waals surface area contributed by atoms with Crippen LogP contribution in [0.2, 0.25) is 0 Å². The molecule has 1 aliphatic heterocycles. The van der Waals surface area contributed by atoms with E-state index in [1.165, 1.54) is 0 Å². The number of methoxy groups -OCH3 is 1. The van der Waals surface area contributed by atoms with Crippen molar-refractivity contribution < 1.29 is 9.26 Å². The van der Waals surface area contributed by atoms with Crippen molar-refractivity contribution in [3.05, 3.63) is 53.4 Å². The van der Waals surface area contributed by atoms with E-state index >= 15 is 0 Å². The number of nitrogens with zero attached hydrogens (tertiary/aromatic N) is 4. The monoisotopic (exact) mass is 340 g/mol. The van der Waals surface area contributed by atoms with E-state index < -0.39 is 6.04 Å². The quantitative estimate of drug-likeness (QED) is 0.743. The van der Waals surface area contributed by atoms with Gasteiger partial charge in [-0.05, 0) is 6.07 Å². The Morgan fingerprint density at radius 2 is 2.24 bits per heavy atom. The van der Waals surface area contributed by atoms with Crippen LogP contribution in [0.3, 0.4) is 0 Å². The average Bonchev–Trinajstić information content (AvgIpc) is 3.28. The SMILES string of the molecule is COc1ccccc1C(N)c1noc(C2CNc3cnn(C)c3C2)n1. The molecule has 8 nitrogen and oxygen atoms in total. The number of aromatic nitrogens is 4. The molecule has 1 aromatic carbocycles. The fourth-order valence-corrected chi connectivity index (χ4v) is 3.17. The van der Waals surface area contributed by atoms with Gasteiger partial charge in [-0.3, -0.25) is 4.68 Å². The van der Waals surface area contributed by atoms with Crippen molar-refractivity contribution in [2.45, 2.75) is 18.4 Å². The van der Waals surface area contributed by atoms with Crippen molar-refractivity contribution in [1.29, 1.82) is 0 Å². The molecule has 0 bridgehead atoms. The minimum absolute atomic E-state index is 0.0917. The third-order valence-electron chi connectivity index (χ3n) is 4.60. The Hall–Kier alpha value is -2.87. The van der Waals surface area contributed by atoms with Crippen LogP contribution in [-0.2, 0) is 13.5 Å². The molecule has 0 spiro atoms. The number of fused-ring (bicyclic) bond motifs is 1. The topological polar surface area (TPSA) is 104 Å². The van der Waals surface area contributed by atoms with Crippen molar-refractivity contribution in [2.75, 3.05) is 19.0 Å². The summed E-state index contributed by atoms with van der Waals surface area (Å²) >= 11 is 0. The maximum Gasteiger partial charge on any atom is 0.232 e. The molecule has 0 fully saturated rings. The summed E-state index contributed by atoms with van der Waals surface area (Å²) in [6.07, 6.45) is 2.63. The number of aryl methyl sites for hydroxylation is 1. The second kappa shape index (κ2) is 6.21. The number of nitrogens with two attached hydrogens (primary N) is 1. The van der Waals surface area contributed by atoms with Gasteiger partial charge in [-0.1, -0.05) is 23.4 Å². The highest BCUT2D eigenvalue weighted by Gasteiger charge is 2.28. The summed E-state index contributed by atoms with van der Waals surface area (Å²) in [5, 5.41) is 11.7. The second-order valence-electron chi connectivity index (χ2n) is 6.12. The lowest BCUT2D eigenvalue weighted by Gasteiger charge is -2.21. The van der Waals surface area contributed by atoms with Crippen LogP contribution >= 0.6 is 0 Å². The van der Waals surface area contributed by atoms with Gasteiger partial charge in [0.2, 0.25) is 5.89 Å². The summed E-state index contributed by atoms with van der Waals surface area (Å²) in [5.41, 5.74) is 9.34. The van der Waals surface area contributed by atoms with E-state index in [0.29, 0.717) is 17.5 Å². The van der Waals surface area contributed by atoms with Gasteiger partial charge in [-0.25, -0.2) is 0 Å². The normalized spacial score (nSPS) is 17.6. The number of nitrogens with one attached hydrogen (secondary N) is 1. The van der Waals surface area contributed by atoms with E-state index in [9.17, 15) is 0 Å². The number of ether oxygens (including phenoxy) is 1. The van der Waals surface area contributed by atoms with Crippen molar-refractivity contribution in [3.8, 4) is 5.75 Å². The lowest BCUT2D eigenvalue weighted by molar-refractivity contribution is 0.346. The standard InChI is InChI=1S/C17H20N6O2/c1-23-13-7-10(8-19-12(13)9-20-23)17-21-16(22-25-17)15(18)11-5-3-4-6-14(11)24-2/h3-6,9-10,15,19H,7-8,18H2,1-2H3. The molecule has 2 unspecified atom stereocenters. The largest absolute Gasteiger partial charge is 0.496 e. The molecule has 3 aromatic rings. The fraction of sp³-hybridized carbons (Fsp3) is 0.353. The Morgan fingerprint density at radius 1 is 1.40 bits per heavy atom. The number of para-hydroxylation sites is 1. The van der Waals surface area contributed by atoms with E-state index in [0.717, 1.165) is 29.9 Å². The van der Waals surface area contributed by atoms with Gasteiger partial charge in [0.1, 0.15) is 5.75 Å². The van der Waals surface area contributed by atoms with Gasteiger partial charge in [-0.2, -0.15) is 10.1 Å². The molecule has 1 aliphatic rings. The van der Waals surface area contributed by atoms with Crippen LogP contribution in [0.25, 0.3) is 0 Å². The number of benzene rings is 1. The van der Waals surface area contributed by atoms with Gasteiger partial charge in [-0.15, -0.1) is 0 Å². The van der Waals surface area contributed by atoms with Crippen LogP contribution in [0.15, 0.2) is 35.0 Å². The lowest BCUT2D eigenvalue weighted by Crippen LogP contribution is -2.23. The van der Waals surface area contributed by atoms with Crippen molar-refractivity contribution in [3.63, 3.8) is 0 Å². The predicted molar refractivity (Wildman–Crippen MR) is 91.5 cm³/mol. The number of rotatable bonds is 4. The molecule has 0 aliphatic carbocycles. The molecule has 130 valence electrons. The molecule has 0 amide bonds. The Labute approximate surface area is 145 Å². The first-order valence-corrected chi connectivity index (χ1v) is 8.14. The molecule has 0 saturated heterocycles. The molecular weight excluding hydrogens is 320 g/mol. The van der Waals surface area contributed by atoms with Crippen LogP contribution in [0.5, 0.6) is 5.75 Å². The van der Waals surface area contributed by atoms with Gasteiger partial charge in [0.15, 0.2) is 5.82 Å². The number of hydrogen-bond donors (Lipinski definition) is 2. The minimum atomic E-state index is -0.502. The van der Waals surface area contributed by atoms with E-state index in [-0.39, 0.29) is 5.92 Å². The highest BCUT2D eigenvalue weighted by atomic mass is 16.5. The second-order valence-corrected chi connectivity index (χ2v) is 6.12. The first-order chi connectivity index (χ1) is 12.2.